The average Bonchev–Trinajstić information content (AvgIpc) is 3.23. The SMILES string of the molecule is CC.COc1c2n(cc(C(=O)CCc3ccccc3)c1=O)C[C@@H]1C3CCCC[C@@H]3CN1C2=O. The zero-order chi connectivity index (χ0) is 23.5. The molecule has 0 bridgehead atoms. The number of aryl methyl sites for hydroxylation is 1. The molecule has 3 heterocycles. The Hall–Kier alpha value is -2.89. The number of carbonyl (C=O) groups excluding carboxylic acids is 2. The summed E-state index contributed by atoms with van der Waals surface area (Å²) in [5.41, 5.74) is 0.995. The number of benzene rings is 1. The molecule has 1 saturated heterocycles. The molecule has 33 heavy (non-hydrogen) atoms. The van der Waals surface area contributed by atoms with Crippen molar-refractivity contribution in [3.8, 4) is 5.75 Å². The van der Waals surface area contributed by atoms with Gasteiger partial charge in [-0.25, -0.2) is 0 Å². The van der Waals surface area contributed by atoms with Crippen molar-refractivity contribution in [2.45, 2.75) is 65.0 Å². The minimum Gasteiger partial charge on any atom is -0.491 e. The van der Waals surface area contributed by atoms with Crippen molar-refractivity contribution in [2.75, 3.05) is 13.7 Å². The fourth-order valence-corrected chi connectivity index (χ4v) is 5.82. The number of ketones is 1. The lowest BCUT2D eigenvalue weighted by Gasteiger charge is -2.36. The minimum atomic E-state index is -0.477. The molecule has 5 rings (SSSR count). The highest BCUT2D eigenvalue weighted by Gasteiger charge is 2.48. The van der Waals surface area contributed by atoms with E-state index >= 15 is 0 Å². The van der Waals surface area contributed by atoms with Crippen molar-refractivity contribution in [3.63, 3.8) is 0 Å². The number of hydrogen-bond acceptors (Lipinski definition) is 4. The van der Waals surface area contributed by atoms with Gasteiger partial charge < -0.3 is 14.2 Å². The Morgan fingerprint density at radius 2 is 1.79 bits per heavy atom. The van der Waals surface area contributed by atoms with E-state index in [-0.39, 0.29) is 35.5 Å². The number of ether oxygens (including phenoxy) is 1. The number of amides is 1. The van der Waals surface area contributed by atoms with Crippen LogP contribution in [-0.4, -0.2) is 40.9 Å². The predicted molar refractivity (Wildman–Crippen MR) is 128 cm³/mol. The molecule has 0 radical (unpaired) electrons. The lowest BCUT2D eigenvalue weighted by Crippen LogP contribution is -2.48. The van der Waals surface area contributed by atoms with Crippen LogP contribution in [0.15, 0.2) is 41.3 Å². The molecule has 2 aromatic rings. The van der Waals surface area contributed by atoms with Gasteiger partial charge in [-0.15, -0.1) is 0 Å². The van der Waals surface area contributed by atoms with Crippen LogP contribution in [0.1, 0.15) is 72.4 Å². The lowest BCUT2D eigenvalue weighted by atomic mass is 9.78. The lowest BCUT2D eigenvalue weighted by molar-refractivity contribution is 0.0626. The first-order chi connectivity index (χ1) is 16.1. The summed E-state index contributed by atoms with van der Waals surface area (Å²) in [6.45, 7) is 5.39. The van der Waals surface area contributed by atoms with Crippen LogP contribution in [0.5, 0.6) is 5.75 Å². The molecule has 3 aliphatic rings. The van der Waals surface area contributed by atoms with Crippen LogP contribution in [0.25, 0.3) is 0 Å². The Morgan fingerprint density at radius 1 is 1.06 bits per heavy atom. The number of aromatic nitrogens is 1. The summed E-state index contributed by atoms with van der Waals surface area (Å²) in [7, 11) is 1.40. The van der Waals surface area contributed by atoms with E-state index in [1.54, 1.807) is 6.20 Å². The highest BCUT2D eigenvalue weighted by Crippen LogP contribution is 2.43. The summed E-state index contributed by atoms with van der Waals surface area (Å²) in [6, 6.07) is 9.90. The second-order valence-corrected chi connectivity index (χ2v) is 9.05. The third-order valence-corrected chi connectivity index (χ3v) is 7.37. The first-order valence-corrected chi connectivity index (χ1v) is 12.3. The fourth-order valence-electron chi connectivity index (χ4n) is 5.82. The standard InChI is InChI=1S/C25H28N2O4.C2H6/c1-31-24-22-25(30)27-13-17-9-5-6-10-18(17)20(27)15-26(22)14-19(23(24)29)21(28)12-11-16-7-3-2-4-8-16;1-2/h2-4,7-8,14,17-18,20H,5-6,9-13,15H2,1H3;1-2H3/t17-,18?,20-;/m1./s1. The normalized spacial score (nSPS) is 23.1. The van der Waals surface area contributed by atoms with E-state index in [1.165, 1.54) is 26.4 Å². The molecular weight excluding hydrogens is 416 g/mol. The van der Waals surface area contributed by atoms with Crippen molar-refractivity contribution in [1.29, 1.82) is 0 Å². The van der Waals surface area contributed by atoms with E-state index in [1.807, 2.05) is 53.6 Å². The molecule has 6 nitrogen and oxygen atoms in total. The summed E-state index contributed by atoms with van der Waals surface area (Å²) in [4.78, 5) is 41.4. The molecule has 0 N–H and O–H groups in total. The van der Waals surface area contributed by atoms with Gasteiger partial charge in [0.05, 0.1) is 18.7 Å². The summed E-state index contributed by atoms with van der Waals surface area (Å²) < 4.78 is 7.22. The van der Waals surface area contributed by atoms with Crippen molar-refractivity contribution in [3.05, 3.63) is 63.6 Å². The molecule has 176 valence electrons. The Bertz CT molecular complexity index is 1080. The number of nitrogens with zero attached hydrogens (tertiary/aromatic N) is 2. The minimum absolute atomic E-state index is 0.00360. The van der Waals surface area contributed by atoms with E-state index < -0.39 is 5.43 Å². The molecule has 6 heteroatoms. The highest BCUT2D eigenvalue weighted by molar-refractivity contribution is 6.00. The third-order valence-electron chi connectivity index (χ3n) is 7.37. The summed E-state index contributed by atoms with van der Waals surface area (Å²) in [5, 5.41) is 0. The van der Waals surface area contributed by atoms with Gasteiger partial charge in [0.2, 0.25) is 5.43 Å². The number of pyridine rings is 1. The van der Waals surface area contributed by atoms with Crippen molar-refractivity contribution >= 4 is 11.7 Å². The summed E-state index contributed by atoms with van der Waals surface area (Å²) in [6.07, 6.45) is 7.18. The number of rotatable bonds is 5. The molecule has 3 atom stereocenters. The summed E-state index contributed by atoms with van der Waals surface area (Å²) >= 11 is 0. The van der Waals surface area contributed by atoms with Crippen LogP contribution in [0.3, 0.4) is 0 Å². The number of Topliss-reactive ketones (excluding diaryl/α,β-unsaturated/α-hetero) is 1. The maximum atomic E-state index is 13.4. The van der Waals surface area contributed by atoms with E-state index in [0.29, 0.717) is 30.5 Å². The van der Waals surface area contributed by atoms with Crippen molar-refractivity contribution < 1.29 is 14.3 Å². The third kappa shape index (κ3) is 4.23. The second kappa shape index (κ2) is 9.94. The van der Waals surface area contributed by atoms with E-state index in [2.05, 4.69) is 0 Å². The quantitative estimate of drug-likeness (QED) is 0.636. The number of methoxy groups -OCH3 is 1. The van der Waals surface area contributed by atoms with Gasteiger partial charge in [-0.3, -0.25) is 14.4 Å². The second-order valence-electron chi connectivity index (χ2n) is 9.05. The molecule has 1 aromatic carbocycles. The van der Waals surface area contributed by atoms with Gasteiger partial charge in [-0.1, -0.05) is 57.0 Å². The van der Waals surface area contributed by atoms with Crippen LogP contribution in [0.2, 0.25) is 0 Å². The Kier molecular flexibility index (Phi) is 7.01. The van der Waals surface area contributed by atoms with Gasteiger partial charge in [-0.2, -0.15) is 0 Å². The molecule has 1 aliphatic carbocycles. The molecule has 2 fully saturated rings. The van der Waals surface area contributed by atoms with Crippen LogP contribution < -0.4 is 10.2 Å². The summed E-state index contributed by atoms with van der Waals surface area (Å²) in [5.74, 6) is 0.710. The van der Waals surface area contributed by atoms with E-state index in [9.17, 15) is 14.4 Å². The molecule has 1 aromatic heterocycles. The van der Waals surface area contributed by atoms with Gasteiger partial charge >= 0.3 is 0 Å². The molecule has 1 saturated carbocycles. The van der Waals surface area contributed by atoms with E-state index in [4.69, 9.17) is 4.74 Å². The predicted octanol–water partition coefficient (Wildman–Crippen LogP) is 4.34. The smallest absolute Gasteiger partial charge is 0.274 e. The molecular formula is C27H34N2O4. The van der Waals surface area contributed by atoms with Gasteiger partial charge in [-0.05, 0) is 36.7 Å². The molecule has 1 unspecified atom stereocenters. The van der Waals surface area contributed by atoms with Crippen molar-refractivity contribution in [2.24, 2.45) is 11.8 Å². The van der Waals surface area contributed by atoms with Crippen LogP contribution in [-0.2, 0) is 13.0 Å². The maximum Gasteiger partial charge on any atom is 0.274 e. The molecule has 1 amide bonds. The van der Waals surface area contributed by atoms with Gasteiger partial charge in [0, 0.05) is 25.7 Å². The number of fused-ring (bicyclic) bond motifs is 4. The average molecular weight is 451 g/mol. The van der Waals surface area contributed by atoms with Gasteiger partial charge in [0.15, 0.2) is 17.2 Å². The number of hydrogen-bond donors (Lipinski definition) is 0. The van der Waals surface area contributed by atoms with Crippen LogP contribution >= 0.6 is 0 Å². The van der Waals surface area contributed by atoms with Crippen molar-refractivity contribution in [1.82, 2.24) is 9.47 Å². The first kappa shape index (κ1) is 23.3. The first-order valence-electron chi connectivity index (χ1n) is 12.3. The monoisotopic (exact) mass is 450 g/mol. The Morgan fingerprint density at radius 3 is 2.52 bits per heavy atom. The zero-order valence-corrected chi connectivity index (χ0v) is 19.9. The fraction of sp³-hybridized carbons (Fsp3) is 0.519. The van der Waals surface area contributed by atoms with Crippen LogP contribution in [0.4, 0.5) is 0 Å². The number of carbonyl (C=O) groups is 2. The molecule has 0 spiro atoms. The Labute approximate surface area is 195 Å². The van der Waals surface area contributed by atoms with Crippen LogP contribution in [0, 0.1) is 11.8 Å². The zero-order valence-electron chi connectivity index (χ0n) is 19.9. The maximum absolute atomic E-state index is 13.4. The van der Waals surface area contributed by atoms with Gasteiger partial charge in [0.25, 0.3) is 5.91 Å². The van der Waals surface area contributed by atoms with Gasteiger partial charge in [0.1, 0.15) is 0 Å². The largest absolute Gasteiger partial charge is 0.491 e. The molecule has 2 aliphatic heterocycles. The highest BCUT2D eigenvalue weighted by atomic mass is 16.5. The Balaban J connectivity index is 0.00000126. The van der Waals surface area contributed by atoms with E-state index in [0.717, 1.165) is 18.5 Å². The topological polar surface area (TPSA) is 68.6 Å².